The summed E-state index contributed by atoms with van der Waals surface area (Å²) in [4.78, 5) is 18.7. The molecule has 1 aliphatic rings. The molecule has 4 atom stereocenters. The lowest BCUT2D eigenvalue weighted by Gasteiger charge is -2.16. The predicted octanol–water partition coefficient (Wildman–Crippen LogP) is -1.36. The van der Waals surface area contributed by atoms with Crippen LogP contribution in [0.25, 0.3) is 11.2 Å². The molecule has 130 valence electrons. The first-order valence-corrected chi connectivity index (χ1v) is 7.55. The smallest absolute Gasteiger partial charge is 0.278 e. The molecule has 0 aromatic carbocycles. The van der Waals surface area contributed by atoms with Crippen LogP contribution in [-0.4, -0.2) is 59.3 Å². The third-order valence-electron chi connectivity index (χ3n) is 3.91. The van der Waals surface area contributed by atoms with Crippen molar-refractivity contribution < 1.29 is 20.1 Å². The Morgan fingerprint density at radius 3 is 2.75 bits per heavy atom. The molecular formula is C13H17N5O5S. The first kappa shape index (κ1) is 16.8. The lowest BCUT2D eigenvalue weighted by molar-refractivity contribution is -0.0519. The summed E-state index contributed by atoms with van der Waals surface area (Å²) in [6.45, 7) is 3.37. The molecule has 2 aromatic heterocycles. The van der Waals surface area contributed by atoms with Crippen molar-refractivity contribution in [3.05, 3.63) is 27.8 Å². The SMILES string of the molecule is C=CCn1c(=S)n([C@@H]2O[C@H](CO)[C@@H](O)[C@H]2O)c2nc(N)[nH]c(=O)c21. The number of imidazole rings is 1. The van der Waals surface area contributed by atoms with Crippen LogP contribution in [0.1, 0.15) is 6.23 Å². The molecule has 0 aliphatic carbocycles. The number of nitrogens with zero attached hydrogens (tertiary/aromatic N) is 3. The minimum atomic E-state index is -1.36. The minimum Gasteiger partial charge on any atom is -0.394 e. The third kappa shape index (κ3) is 2.37. The van der Waals surface area contributed by atoms with Gasteiger partial charge in [-0.05, 0) is 12.2 Å². The first-order chi connectivity index (χ1) is 11.4. The molecule has 0 bridgehead atoms. The molecule has 1 aliphatic heterocycles. The van der Waals surface area contributed by atoms with Crippen molar-refractivity contribution in [2.75, 3.05) is 12.3 Å². The number of nitrogen functional groups attached to an aromatic ring is 1. The molecule has 10 nitrogen and oxygen atoms in total. The van der Waals surface area contributed by atoms with Crippen LogP contribution in [0.4, 0.5) is 5.95 Å². The van der Waals surface area contributed by atoms with E-state index in [1.54, 1.807) is 6.08 Å². The maximum atomic E-state index is 12.3. The van der Waals surface area contributed by atoms with Crippen LogP contribution in [0.15, 0.2) is 17.4 Å². The summed E-state index contributed by atoms with van der Waals surface area (Å²) < 4.78 is 8.42. The molecular weight excluding hydrogens is 338 g/mol. The van der Waals surface area contributed by atoms with E-state index in [0.29, 0.717) is 0 Å². The summed E-state index contributed by atoms with van der Waals surface area (Å²) in [6.07, 6.45) is -3.22. The molecule has 0 amide bonds. The highest BCUT2D eigenvalue weighted by Crippen LogP contribution is 2.32. The number of hydrogen-bond acceptors (Lipinski definition) is 8. The molecule has 11 heteroatoms. The Kier molecular flexibility index (Phi) is 4.27. The molecule has 2 aromatic rings. The van der Waals surface area contributed by atoms with Crippen molar-refractivity contribution in [3.8, 4) is 0 Å². The van der Waals surface area contributed by atoms with Gasteiger partial charge in [0.05, 0.1) is 6.61 Å². The maximum absolute atomic E-state index is 12.3. The van der Waals surface area contributed by atoms with E-state index in [9.17, 15) is 20.1 Å². The standard InChI is InChI=1S/C13H17N5O5S/c1-2-3-17-6-9(15-12(14)16-10(6)22)18(13(17)24)11-8(21)7(20)5(4-19)23-11/h2,5,7-8,11,19-21H,1,3-4H2,(H3,14,15,16,22)/t5-,7-,8-,11-/m1/s1. The van der Waals surface area contributed by atoms with Gasteiger partial charge in [0.15, 0.2) is 22.2 Å². The van der Waals surface area contributed by atoms with Crippen molar-refractivity contribution in [1.29, 1.82) is 0 Å². The number of ether oxygens (including phenoxy) is 1. The molecule has 0 saturated carbocycles. The van der Waals surface area contributed by atoms with Gasteiger partial charge < -0.3 is 30.4 Å². The average molecular weight is 355 g/mol. The van der Waals surface area contributed by atoms with Gasteiger partial charge in [0, 0.05) is 6.54 Å². The van der Waals surface area contributed by atoms with Gasteiger partial charge in [0.2, 0.25) is 5.95 Å². The van der Waals surface area contributed by atoms with Crippen LogP contribution >= 0.6 is 12.2 Å². The molecule has 3 rings (SSSR count). The quantitative estimate of drug-likeness (QED) is 0.333. The van der Waals surface area contributed by atoms with Crippen molar-refractivity contribution in [2.24, 2.45) is 0 Å². The lowest BCUT2D eigenvalue weighted by Crippen LogP contribution is -2.33. The molecule has 0 unspecified atom stereocenters. The van der Waals surface area contributed by atoms with Gasteiger partial charge in [-0.25, -0.2) is 0 Å². The zero-order chi connectivity index (χ0) is 17.6. The van der Waals surface area contributed by atoms with E-state index >= 15 is 0 Å². The highest BCUT2D eigenvalue weighted by Gasteiger charge is 2.44. The number of anilines is 1. The van der Waals surface area contributed by atoms with Gasteiger partial charge in [-0.3, -0.25) is 14.3 Å². The Bertz CT molecular complexity index is 903. The number of aliphatic hydroxyl groups is 3. The molecule has 0 spiro atoms. The molecule has 6 N–H and O–H groups in total. The van der Waals surface area contributed by atoms with Crippen LogP contribution in [0.2, 0.25) is 0 Å². The number of aromatic amines is 1. The number of nitrogens with one attached hydrogen (secondary N) is 1. The zero-order valence-corrected chi connectivity index (χ0v) is 13.3. The summed E-state index contributed by atoms with van der Waals surface area (Å²) in [5, 5.41) is 29.4. The number of aliphatic hydroxyl groups excluding tert-OH is 3. The second-order valence-electron chi connectivity index (χ2n) is 5.40. The fraction of sp³-hybridized carbons (Fsp3) is 0.462. The second kappa shape index (κ2) is 6.11. The highest BCUT2D eigenvalue weighted by atomic mass is 32.1. The van der Waals surface area contributed by atoms with Crippen molar-refractivity contribution in [3.63, 3.8) is 0 Å². The van der Waals surface area contributed by atoms with E-state index in [4.69, 9.17) is 22.7 Å². The third-order valence-corrected chi connectivity index (χ3v) is 4.33. The van der Waals surface area contributed by atoms with E-state index in [-0.39, 0.29) is 28.4 Å². The number of fused-ring (bicyclic) bond motifs is 1. The summed E-state index contributed by atoms with van der Waals surface area (Å²) in [6, 6.07) is 0. The summed E-state index contributed by atoms with van der Waals surface area (Å²) in [7, 11) is 0. The number of allylic oxidation sites excluding steroid dienone is 1. The van der Waals surface area contributed by atoms with E-state index in [1.165, 1.54) is 9.13 Å². The van der Waals surface area contributed by atoms with Gasteiger partial charge in [0.1, 0.15) is 18.3 Å². The van der Waals surface area contributed by atoms with Gasteiger partial charge in [-0.15, -0.1) is 6.58 Å². The monoisotopic (exact) mass is 355 g/mol. The van der Waals surface area contributed by atoms with Gasteiger partial charge in [-0.1, -0.05) is 6.08 Å². The summed E-state index contributed by atoms with van der Waals surface area (Å²) >= 11 is 5.37. The van der Waals surface area contributed by atoms with Crippen molar-refractivity contribution in [2.45, 2.75) is 31.1 Å². The summed E-state index contributed by atoms with van der Waals surface area (Å²) in [5.41, 5.74) is 5.36. The normalized spacial score (nSPS) is 27.0. The Morgan fingerprint density at radius 2 is 2.17 bits per heavy atom. The van der Waals surface area contributed by atoms with Crippen LogP contribution in [-0.2, 0) is 11.3 Å². The molecule has 0 radical (unpaired) electrons. The van der Waals surface area contributed by atoms with Crippen LogP contribution in [0.3, 0.4) is 0 Å². The average Bonchev–Trinajstić information content (AvgIpc) is 2.96. The molecule has 1 fully saturated rings. The Balaban J connectivity index is 2.29. The Morgan fingerprint density at radius 1 is 1.46 bits per heavy atom. The largest absolute Gasteiger partial charge is 0.394 e. The minimum absolute atomic E-state index is 0.109. The maximum Gasteiger partial charge on any atom is 0.278 e. The summed E-state index contributed by atoms with van der Waals surface area (Å²) in [5.74, 6) is -0.126. The van der Waals surface area contributed by atoms with Crippen LogP contribution < -0.4 is 11.3 Å². The Hall–Kier alpha value is -2.05. The fourth-order valence-corrected chi connectivity index (χ4v) is 3.18. The number of nitrogens with two attached hydrogens (primary N) is 1. The molecule has 1 saturated heterocycles. The molecule has 3 heterocycles. The number of H-pyrrole nitrogens is 1. The van der Waals surface area contributed by atoms with E-state index in [0.717, 1.165) is 0 Å². The fourth-order valence-electron chi connectivity index (χ4n) is 2.82. The van der Waals surface area contributed by atoms with Gasteiger partial charge >= 0.3 is 0 Å². The van der Waals surface area contributed by atoms with E-state index in [1.807, 2.05) is 0 Å². The van der Waals surface area contributed by atoms with Crippen LogP contribution in [0, 0.1) is 4.77 Å². The van der Waals surface area contributed by atoms with Crippen molar-refractivity contribution >= 4 is 29.3 Å². The Labute approximate surface area is 140 Å². The number of rotatable bonds is 4. The first-order valence-electron chi connectivity index (χ1n) is 7.14. The number of aromatic nitrogens is 4. The molecule has 24 heavy (non-hydrogen) atoms. The zero-order valence-electron chi connectivity index (χ0n) is 12.5. The van der Waals surface area contributed by atoms with Gasteiger partial charge in [0.25, 0.3) is 5.56 Å². The van der Waals surface area contributed by atoms with E-state index < -0.39 is 36.7 Å². The van der Waals surface area contributed by atoms with Crippen LogP contribution in [0.5, 0.6) is 0 Å². The van der Waals surface area contributed by atoms with Gasteiger partial charge in [-0.2, -0.15) is 4.98 Å². The predicted molar refractivity (Wildman–Crippen MR) is 86.8 cm³/mol. The topological polar surface area (TPSA) is 152 Å². The second-order valence-corrected chi connectivity index (χ2v) is 5.77. The van der Waals surface area contributed by atoms with Crippen molar-refractivity contribution in [1.82, 2.24) is 19.1 Å². The van der Waals surface area contributed by atoms with E-state index in [2.05, 4.69) is 16.5 Å². The number of hydrogen-bond donors (Lipinski definition) is 5. The highest BCUT2D eigenvalue weighted by molar-refractivity contribution is 7.71. The lowest BCUT2D eigenvalue weighted by atomic mass is 10.1.